The zero-order valence-corrected chi connectivity index (χ0v) is 19.1. The zero-order chi connectivity index (χ0) is 22.0. The minimum absolute atomic E-state index is 0.143. The number of aryl methyl sites for hydroxylation is 1. The number of nitrogens with zero attached hydrogens (tertiary/aromatic N) is 2. The number of carbonyl (C=O) groups excluding carboxylic acids is 1. The van der Waals surface area contributed by atoms with E-state index in [1.54, 1.807) is 13.1 Å². The first-order chi connectivity index (χ1) is 14.9. The second-order valence-corrected chi connectivity index (χ2v) is 10.1. The molecule has 6 rings (SSSR count). The number of hydrogen-bond donors (Lipinski definition) is 2. The summed E-state index contributed by atoms with van der Waals surface area (Å²) in [4.78, 5) is 21.3. The van der Waals surface area contributed by atoms with Crippen molar-refractivity contribution >= 4 is 5.91 Å². The van der Waals surface area contributed by atoms with Crippen LogP contribution in [0.2, 0.25) is 0 Å². The molecule has 4 saturated carbocycles. The highest BCUT2D eigenvalue weighted by molar-refractivity contribution is 5.96. The van der Waals surface area contributed by atoms with Crippen LogP contribution < -0.4 is 10.1 Å². The fraction of sp³-hybridized carbons (Fsp3) is 0.792. The Hall–Kier alpha value is -1.73. The molecule has 0 aromatic carbocycles. The van der Waals surface area contributed by atoms with Gasteiger partial charge in [-0.2, -0.15) is 4.98 Å². The van der Waals surface area contributed by atoms with Crippen LogP contribution in [0.5, 0.6) is 5.88 Å². The third-order valence-electron chi connectivity index (χ3n) is 7.26. The molecule has 5 aliphatic rings. The molecule has 172 valence electrons. The Morgan fingerprint density at radius 1 is 1.32 bits per heavy atom. The Morgan fingerprint density at radius 2 is 2.06 bits per heavy atom. The largest absolute Gasteiger partial charge is 0.477 e. The number of nitrogens with one attached hydrogen (secondary N) is 1. The first-order valence-electron chi connectivity index (χ1n) is 11.9. The van der Waals surface area contributed by atoms with Gasteiger partial charge in [-0.05, 0) is 75.5 Å². The van der Waals surface area contributed by atoms with Crippen LogP contribution in [0, 0.1) is 30.6 Å². The molecule has 4 aliphatic carbocycles. The maximum Gasteiger partial charge on any atom is 0.258 e. The smallest absolute Gasteiger partial charge is 0.258 e. The van der Waals surface area contributed by atoms with Crippen molar-refractivity contribution in [2.24, 2.45) is 23.7 Å². The molecule has 7 nitrogen and oxygen atoms in total. The van der Waals surface area contributed by atoms with Gasteiger partial charge in [-0.15, -0.1) is 0 Å². The first kappa shape index (κ1) is 22.5. The number of aliphatic hydroxyl groups is 1. The number of rotatable bonds is 5. The van der Waals surface area contributed by atoms with Crippen LogP contribution in [-0.2, 0) is 4.74 Å². The van der Waals surface area contributed by atoms with Crippen LogP contribution in [0.1, 0.15) is 75.0 Å². The summed E-state index contributed by atoms with van der Waals surface area (Å²) >= 11 is 0. The SMILES string of the molecule is CCCOc1nc(C)ncc1C(=O)NC1C2CC3CC1CC(O)(C3)C2.C[C@H]1CCOC1. The lowest BCUT2D eigenvalue weighted by molar-refractivity contribution is -0.136. The number of hydrogen-bond acceptors (Lipinski definition) is 6. The lowest BCUT2D eigenvalue weighted by atomic mass is 9.52. The van der Waals surface area contributed by atoms with Gasteiger partial charge in [0.1, 0.15) is 11.4 Å². The van der Waals surface area contributed by atoms with E-state index in [-0.39, 0.29) is 11.9 Å². The van der Waals surface area contributed by atoms with Crippen molar-refractivity contribution in [1.29, 1.82) is 0 Å². The van der Waals surface area contributed by atoms with Crippen LogP contribution in [0.25, 0.3) is 0 Å². The molecule has 4 bridgehead atoms. The standard InChI is InChI=1S/C19H27N3O3.C5H10O/c1-3-4-25-18-15(10-20-11(2)21-18)17(23)22-16-13-5-12-6-14(16)9-19(24,7-12)8-13;1-5-2-3-6-4-5/h10,12-14,16,24H,3-9H2,1-2H3,(H,22,23);5H,2-4H2,1H3/t;5-/m.0/s1. The van der Waals surface area contributed by atoms with Gasteiger partial charge in [0.15, 0.2) is 0 Å². The van der Waals surface area contributed by atoms with E-state index in [0.29, 0.717) is 41.6 Å². The van der Waals surface area contributed by atoms with Crippen molar-refractivity contribution in [3.8, 4) is 5.88 Å². The van der Waals surface area contributed by atoms with E-state index in [2.05, 4.69) is 22.2 Å². The molecular formula is C24H37N3O4. The fourth-order valence-electron chi connectivity index (χ4n) is 6.01. The highest BCUT2D eigenvalue weighted by Gasteiger charge is 2.55. The van der Waals surface area contributed by atoms with Crippen molar-refractivity contribution in [2.45, 2.75) is 77.4 Å². The predicted molar refractivity (Wildman–Crippen MR) is 117 cm³/mol. The van der Waals surface area contributed by atoms with Crippen molar-refractivity contribution in [3.05, 3.63) is 17.6 Å². The summed E-state index contributed by atoms with van der Waals surface area (Å²) in [6.45, 7) is 8.53. The normalized spacial score (nSPS) is 35.4. The van der Waals surface area contributed by atoms with Crippen LogP contribution in [0.15, 0.2) is 6.20 Å². The summed E-state index contributed by atoms with van der Waals surface area (Å²) in [6.07, 6.45) is 8.49. The van der Waals surface area contributed by atoms with Gasteiger partial charge in [-0.1, -0.05) is 13.8 Å². The van der Waals surface area contributed by atoms with E-state index >= 15 is 0 Å². The monoisotopic (exact) mass is 431 g/mol. The third-order valence-corrected chi connectivity index (χ3v) is 7.26. The zero-order valence-electron chi connectivity index (χ0n) is 19.1. The Balaban J connectivity index is 0.000000334. The number of amides is 1. The van der Waals surface area contributed by atoms with Crippen molar-refractivity contribution in [3.63, 3.8) is 0 Å². The molecule has 31 heavy (non-hydrogen) atoms. The molecule has 3 atom stereocenters. The molecule has 1 aromatic rings. The molecule has 0 radical (unpaired) electrons. The van der Waals surface area contributed by atoms with Crippen LogP contribution >= 0.6 is 0 Å². The quantitative estimate of drug-likeness (QED) is 0.743. The summed E-state index contributed by atoms with van der Waals surface area (Å²) in [7, 11) is 0. The third kappa shape index (κ3) is 5.20. The van der Waals surface area contributed by atoms with Gasteiger partial charge in [0, 0.05) is 25.5 Å². The number of aromatic nitrogens is 2. The molecule has 2 unspecified atom stereocenters. The average Bonchev–Trinajstić information content (AvgIpc) is 3.19. The Kier molecular flexibility index (Phi) is 6.82. The van der Waals surface area contributed by atoms with Crippen LogP contribution in [-0.4, -0.2) is 52.4 Å². The summed E-state index contributed by atoms with van der Waals surface area (Å²) in [5.74, 6) is 3.02. The van der Waals surface area contributed by atoms with E-state index in [9.17, 15) is 9.90 Å². The molecule has 1 aromatic heterocycles. The lowest BCUT2D eigenvalue weighted by Crippen LogP contribution is -2.61. The summed E-state index contributed by atoms with van der Waals surface area (Å²) in [6, 6.07) is 0.143. The predicted octanol–water partition coefficient (Wildman–Crippen LogP) is 3.29. The van der Waals surface area contributed by atoms with Crippen LogP contribution in [0.4, 0.5) is 0 Å². The average molecular weight is 432 g/mol. The summed E-state index contributed by atoms with van der Waals surface area (Å²) in [5, 5.41) is 13.9. The van der Waals surface area contributed by atoms with Crippen molar-refractivity contribution in [1.82, 2.24) is 15.3 Å². The Labute approximate surface area is 185 Å². The van der Waals surface area contributed by atoms with E-state index in [1.165, 1.54) is 6.42 Å². The highest BCUT2D eigenvalue weighted by Crippen LogP contribution is 2.55. The van der Waals surface area contributed by atoms with Gasteiger partial charge in [-0.3, -0.25) is 4.79 Å². The van der Waals surface area contributed by atoms with Gasteiger partial charge in [0.05, 0.1) is 12.2 Å². The first-order valence-corrected chi connectivity index (χ1v) is 11.9. The van der Waals surface area contributed by atoms with Gasteiger partial charge in [0.2, 0.25) is 5.88 Å². The topological polar surface area (TPSA) is 93.6 Å². The molecular weight excluding hydrogens is 394 g/mol. The Morgan fingerprint density at radius 3 is 2.61 bits per heavy atom. The van der Waals surface area contributed by atoms with Gasteiger partial charge < -0.3 is 19.9 Å². The maximum atomic E-state index is 12.9. The van der Waals surface area contributed by atoms with Gasteiger partial charge >= 0.3 is 0 Å². The lowest BCUT2D eigenvalue weighted by Gasteiger charge is -2.58. The summed E-state index contributed by atoms with van der Waals surface area (Å²) in [5.41, 5.74) is -0.0772. The second-order valence-electron chi connectivity index (χ2n) is 10.1. The van der Waals surface area contributed by atoms with E-state index in [4.69, 9.17) is 9.47 Å². The molecule has 1 aliphatic heterocycles. The number of ether oxygens (including phenoxy) is 2. The van der Waals surface area contributed by atoms with E-state index < -0.39 is 5.60 Å². The van der Waals surface area contributed by atoms with Gasteiger partial charge in [-0.25, -0.2) is 4.98 Å². The summed E-state index contributed by atoms with van der Waals surface area (Å²) < 4.78 is 10.7. The van der Waals surface area contributed by atoms with Crippen molar-refractivity contribution < 1.29 is 19.4 Å². The maximum absolute atomic E-state index is 12.9. The molecule has 1 saturated heterocycles. The molecule has 1 amide bonds. The van der Waals surface area contributed by atoms with Gasteiger partial charge in [0.25, 0.3) is 5.91 Å². The molecule has 0 spiro atoms. The molecule has 5 fully saturated rings. The van der Waals surface area contributed by atoms with E-state index in [1.807, 2.05) is 6.92 Å². The molecule has 2 heterocycles. The van der Waals surface area contributed by atoms with E-state index in [0.717, 1.165) is 57.7 Å². The Bertz CT molecular complexity index is 764. The van der Waals surface area contributed by atoms with Crippen LogP contribution in [0.3, 0.4) is 0 Å². The fourth-order valence-corrected chi connectivity index (χ4v) is 6.01. The molecule has 7 heteroatoms. The second kappa shape index (κ2) is 9.41. The minimum Gasteiger partial charge on any atom is -0.477 e. The highest BCUT2D eigenvalue weighted by atomic mass is 16.5. The molecule has 2 N–H and O–H groups in total. The van der Waals surface area contributed by atoms with Crippen molar-refractivity contribution in [2.75, 3.05) is 19.8 Å². The number of carbonyl (C=O) groups is 1. The minimum atomic E-state index is -0.486.